The first-order chi connectivity index (χ1) is 17.0. The Morgan fingerprint density at radius 3 is 1.83 bits per heavy atom. The molecule has 0 fully saturated rings. The molecule has 0 saturated heterocycles. The number of thioether (sulfide) groups is 1. The molecule has 2 N–H and O–H groups in total. The van der Waals surface area contributed by atoms with Crippen molar-refractivity contribution in [2.24, 2.45) is 0 Å². The minimum Gasteiger partial charge on any atom is -0.507 e. The van der Waals surface area contributed by atoms with Gasteiger partial charge < -0.3 is 10.4 Å². The van der Waals surface area contributed by atoms with Crippen molar-refractivity contribution < 1.29 is 9.90 Å². The molecule has 3 nitrogen and oxygen atoms in total. The summed E-state index contributed by atoms with van der Waals surface area (Å²) in [6.45, 7) is 6.13. The summed E-state index contributed by atoms with van der Waals surface area (Å²) in [6.07, 6.45) is 1.65. The first kappa shape index (κ1) is 24.6. The van der Waals surface area contributed by atoms with Gasteiger partial charge in [0.25, 0.3) is 0 Å². The summed E-state index contributed by atoms with van der Waals surface area (Å²) in [5.74, 6) is 0.253. The van der Waals surface area contributed by atoms with E-state index in [-0.39, 0.29) is 16.9 Å². The van der Waals surface area contributed by atoms with Gasteiger partial charge in [0.15, 0.2) is 0 Å². The number of nitrogens with one attached hydrogen (secondary N) is 1. The van der Waals surface area contributed by atoms with E-state index in [9.17, 15) is 9.90 Å². The molecular formula is C31H31NO2S. The van der Waals surface area contributed by atoms with Crippen LogP contribution in [0.3, 0.4) is 0 Å². The number of carbonyl (C=O) groups is 1. The molecule has 0 heterocycles. The van der Waals surface area contributed by atoms with Gasteiger partial charge in [-0.05, 0) is 54.7 Å². The van der Waals surface area contributed by atoms with Gasteiger partial charge in [0, 0.05) is 21.7 Å². The molecule has 0 bridgehead atoms. The van der Waals surface area contributed by atoms with Crippen LogP contribution in [-0.2, 0) is 4.79 Å². The van der Waals surface area contributed by atoms with Crippen LogP contribution in [0.5, 0.6) is 5.75 Å². The lowest BCUT2D eigenvalue weighted by atomic mass is 9.97. The SMILES string of the molecule is CCCC(Sc1cc(-c2ccccc2)c(O)c(-c2ccccc2)c1)C(=O)Nc1c(C)cccc1C. The van der Waals surface area contributed by atoms with E-state index in [1.54, 1.807) is 11.8 Å². The average Bonchev–Trinajstić information content (AvgIpc) is 2.88. The summed E-state index contributed by atoms with van der Waals surface area (Å²) in [4.78, 5) is 14.4. The minimum atomic E-state index is -0.254. The Bertz CT molecular complexity index is 1220. The molecule has 4 aromatic carbocycles. The predicted molar refractivity (Wildman–Crippen MR) is 148 cm³/mol. The molecule has 1 atom stereocenters. The number of para-hydroxylation sites is 1. The second kappa shape index (κ2) is 11.3. The zero-order valence-corrected chi connectivity index (χ0v) is 21.2. The highest BCUT2D eigenvalue weighted by atomic mass is 32.2. The number of phenolic OH excluding ortho intramolecular Hbond substituents is 1. The number of anilines is 1. The molecule has 0 aliphatic carbocycles. The van der Waals surface area contributed by atoms with Gasteiger partial charge in [-0.3, -0.25) is 4.79 Å². The van der Waals surface area contributed by atoms with Crippen LogP contribution in [0.25, 0.3) is 22.3 Å². The summed E-state index contributed by atoms with van der Waals surface area (Å²) in [7, 11) is 0. The van der Waals surface area contributed by atoms with Gasteiger partial charge in [0.2, 0.25) is 5.91 Å². The normalized spacial score (nSPS) is 11.7. The maximum atomic E-state index is 13.4. The minimum absolute atomic E-state index is 0.00449. The summed E-state index contributed by atoms with van der Waals surface area (Å²) >= 11 is 1.56. The Balaban J connectivity index is 1.72. The maximum Gasteiger partial charge on any atom is 0.237 e. The molecule has 4 heteroatoms. The number of hydrogen-bond acceptors (Lipinski definition) is 3. The molecular weight excluding hydrogens is 450 g/mol. The van der Waals surface area contributed by atoms with Crippen molar-refractivity contribution in [3.8, 4) is 28.0 Å². The van der Waals surface area contributed by atoms with Gasteiger partial charge in [-0.15, -0.1) is 11.8 Å². The van der Waals surface area contributed by atoms with Crippen molar-refractivity contribution >= 4 is 23.4 Å². The third kappa shape index (κ3) is 5.77. The zero-order valence-electron chi connectivity index (χ0n) is 20.4. The van der Waals surface area contributed by atoms with Gasteiger partial charge in [-0.25, -0.2) is 0 Å². The molecule has 0 spiro atoms. The van der Waals surface area contributed by atoms with E-state index in [4.69, 9.17) is 0 Å². The molecule has 1 amide bonds. The number of phenols is 1. The summed E-state index contributed by atoms with van der Waals surface area (Å²) in [6, 6.07) is 29.8. The Labute approximate surface area is 212 Å². The van der Waals surface area contributed by atoms with E-state index in [1.807, 2.05) is 105 Å². The largest absolute Gasteiger partial charge is 0.507 e. The highest BCUT2D eigenvalue weighted by molar-refractivity contribution is 8.00. The number of carbonyl (C=O) groups excluding carboxylic acids is 1. The number of aromatic hydroxyl groups is 1. The third-order valence-electron chi connectivity index (χ3n) is 6.10. The monoisotopic (exact) mass is 481 g/mol. The quantitative estimate of drug-likeness (QED) is 0.249. The fourth-order valence-corrected chi connectivity index (χ4v) is 5.46. The molecule has 0 radical (unpaired) electrons. The number of benzene rings is 4. The van der Waals surface area contributed by atoms with Gasteiger partial charge in [0.05, 0.1) is 5.25 Å². The zero-order chi connectivity index (χ0) is 24.8. The first-order valence-electron chi connectivity index (χ1n) is 12.0. The lowest BCUT2D eigenvalue weighted by Crippen LogP contribution is -2.26. The lowest BCUT2D eigenvalue weighted by molar-refractivity contribution is -0.115. The molecule has 4 rings (SSSR count). The molecule has 0 aromatic heterocycles. The molecule has 0 saturated carbocycles. The van der Waals surface area contributed by atoms with Crippen molar-refractivity contribution in [3.63, 3.8) is 0 Å². The first-order valence-corrected chi connectivity index (χ1v) is 12.9. The molecule has 1 unspecified atom stereocenters. The van der Waals surface area contributed by atoms with Crippen molar-refractivity contribution in [2.45, 2.75) is 43.8 Å². The topological polar surface area (TPSA) is 49.3 Å². The lowest BCUT2D eigenvalue weighted by Gasteiger charge is -2.20. The van der Waals surface area contributed by atoms with Gasteiger partial charge in [0.1, 0.15) is 5.75 Å². The van der Waals surface area contributed by atoms with Gasteiger partial charge in [-0.2, -0.15) is 0 Å². The number of rotatable bonds is 8. The third-order valence-corrected chi connectivity index (χ3v) is 7.35. The van der Waals surface area contributed by atoms with Crippen LogP contribution in [0.4, 0.5) is 5.69 Å². The van der Waals surface area contributed by atoms with Crippen molar-refractivity contribution in [1.29, 1.82) is 0 Å². The standard InChI is InChI=1S/C31H31NO2S/c1-4-12-28(31(34)32-29-21(2)13-11-14-22(29)3)35-25-19-26(23-15-7-5-8-16-23)30(33)27(20-25)24-17-9-6-10-18-24/h5-11,13-20,28,33H,4,12H2,1-3H3,(H,32,34). The van der Waals surface area contributed by atoms with E-state index < -0.39 is 0 Å². The van der Waals surface area contributed by atoms with E-state index in [1.165, 1.54) is 0 Å². The average molecular weight is 482 g/mol. The van der Waals surface area contributed by atoms with Crippen LogP contribution in [0.1, 0.15) is 30.9 Å². The van der Waals surface area contributed by atoms with Crippen LogP contribution < -0.4 is 5.32 Å². The van der Waals surface area contributed by atoms with E-state index >= 15 is 0 Å². The maximum absolute atomic E-state index is 13.4. The summed E-state index contributed by atoms with van der Waals surface area (Å²) in [5, 5.41) is 14.2. The number of aryl methyl sites for hydroxylation is 2. The Morgan fingerprint density at radius 2 is 1.34 bits per heavy atom. The fraction of sp³-hybridized carbons (Fsp3) is 0.194. The summed E-state index contributed by atoms with van der Waals surface area (Å²) in [5.41, 5.74) is 6.41. The summed E-state index contributed by atoms with van der Waals surface area (Å²) < 4.78 is 0. The fourth-order valence-electron chi connectivity index (χ4n) is 4.24. The Hall–Kier alpha value is -3.50. The van der Waals surface area contributed by atoms with Gasteiger partial charge in [-0.1, -0.05) is 92.2 Å². The van der Waals surface area contributed by atoms with Crippen molar-refractivity contribution in [3.05, 3.63) is 102 Å². The molecule has 0 aliphatic rings. The highest BCUT2D eigenvalue weighted by Crippen LogP contribution is 2.42. The number of amides is 1. The molecule has 35 heavy (non-hydrogen) atoms. The number of hydrogen-bond donors (Lipinski definition) is 2. The predicted octanol–water partition coefficient (Wildman–Crippen LogP) is 8.24. The van der Waals surface area contributed by atoms with Crippen molar-refractivity contribution in [2.75, 3.05) is 5.32 Å². The van der Waals surface area contributed by atoms with Crippen molar-refractivity contribution in [1.82, 2.24) is 0 Å². The second-order valence-electron chi connectivity index (χ2n) is 8.75. The molecule has 178 valence electrons. The van der Waals surface area contributed by atoms with Crippen LogP contribution in [-0.4, -0.2) is 16.3 Å². The second-order valence-corrected chi connectivity index (χ2v) is 10.0. The van der Waals surface area contributed by atoms with E-state index in [0.29, 0.717) is 0 Å². The van der Waals surface area contributed by atoms with Gasteiger partial charge >= 0.3 is 0 Å². The van der Waals surface area contributed by atoms with E-state index in [2.05, 4.69) is 12.2 Å². The van der Waals surface area contributed by atoms with E-state index in [0.717, 1.165) is 56.8 Å². The Morgan fingerprint density at radius 1 is 0.829 bits per heavy atom. The molecule has 4 aromatic rings. The van der Waals surface area contributed by atoms with Crippen LogP contribution in [0.15, 0.2) is 95.9 Å². The molecule has 0 aliphatic heterocycles. The smallest absolute Gasteiger partial charge is 0.237 e. The Kier molecular flexibility index (Phi) is 7.94. The van der Waals surface area contributed by atoms with Crippen LogP contribution in [0.2, 0.25) is 0 Å². The van der Waals surface area contributed by atoms with Crippen LogP contribution >= 0.6 is 11.8 Å². The highest BCUT2D eigenvalue weighted by Gasteiger charge is 2.22. The van der Waals surface area contributed by atoms with Crippen LogP contribution in [0, 0.1) is 13.8 Å².